The van der Waals surface area contributed by atoms with Gasteiger partial charge in [0, 0.05) is 13.1 Å². The fourth-order valence-electron chi connectivity index (χ4n) is 3.87. The lowest BCUT2D eigenvalue weighted by Gasteiger charge is -2.30. The molecule has 1 amide bonds. The summed E-state index contributed by atoms with van der Waals surface area (Å²) in [5, 5.41) is 0.711. The predicted octanol–water partition coefficient (Wildman–Crippen LogP) is 4.43. The second-order valence-corrected chi connectivity index (χ2v) is 8.82. The number of fused-ring (bicyclic) bond motifs is 2. The van der Waals surface area contributed by atoms with Gasteiger partial charge in [-0.3, -0.25) is 9.69 Å². The number of aromatic nitrogens is 1. The van der Waals surface area contributed by atoms with E-state index in [4.69, 9.17) is 14.5 Å². The van der Waals surface area contributed by atoms with Gasteiger partial charge in [-0.25, -0.2) is 4.98 Å². The number of carbonyl (C=O) groups is 1. The quantitative estimate of drug-likeness (QED) is 0.545. The highest BCUT2D eigenvalue weighted by Crippen LogP contribution is 2.34. The molecule has 0 N–H and O–H groups in total. The molecule has 2 aromatic carbocycles. The van der Waals surface area contributed by atoms with E-state index >= 15 is 0 Å². The highest BCUT2D eigenvalue weighted by molar-refractivity contribution is 7.22. The monoisotopic (exact) mass is 439 g/mol. The predicted molar refractivity (Wildman–Crippen MR) is 126 cm³/mol. The van der Waals surface area contributed by atoms with E-state index in [9.17, 15) is 4.79 Å². The Kier molecular flexibility index (Phi) is 6.43. The number of hydrogen-bond donors (Lipinski definition) is 0. The number of aryl methyl sites for hydroxylation is 2. The minimum atomic E-state index is -0.693. The summed E-state index contributed by atoms with van der Waals surface area (Å²) in [5.74, 6) is 1.16. The molecule has 2 heterocycles. The Morgan fingerprint density at radius 2 is 1.87 bits per heavy atom. The lowest BCUT2D eigenvalue weighted by Crippen LogP contribution is -2.48. The molecular weight excluding hydrogens is 410 g/mol. The summed E-state index contributed by atoms with van der Waals surface area (Å²) in [4.78, 5) is 22.5. The van der Waals surface area contributed by atoms with E-state index in [1.54, 1.807) is 16.2 Å². The zero-order valence-corrected chi connectivity index (χ0v) is 19.4. The first-order chi connectivity index (χ1) is 15.0. The number of carbonyl (C=O) groups excluding carboxylic acids is 1. The minimum absolute atomic E-state index is 0.116. The highest BCUT2D eigenvalue weighted by atomic mass is 32.1. The van der Waals surface area contributed by atoms with E-state index in [1.807, 2.05) is 24.3 Å². The van der Waals surface area contributed by atoms with Crippen LogP contribution in [0.15, 0.2) is 36.4 Å². The minimum Gasteiger partial charge on any atom is -0.485 e. The Morgan fingerprint density at radius 3 is 2.61 bits per heavy atom. The summed E-state index contributed by atoms with van der Waals surface area (Å²) in [5.41, 5.74) is 3.28. The van der Waals surface area contributed by atoms with Crippen LogP contribution < -0.4 is 14.4 Å². The summed E-state index contributed by atoms with van der Waals surface area (Å²) in [6, 6.07) is 11.7. The van der Waals surface area contributed by atoms with Crippen LogP contribution >= 0.6 is 11.3 Å². The van der Waals surface area contributed by atoms with Crippen molar-refractivity contribution in [3.8, 4) is 11.5 Å². The molecule has 0 radical (unpaired) electrons. The molecular formula is C24H29N3O3S. The molecule has 1 aromatic heterocycles. The number of nitrogens with zero attached hydrogens (tertiary/aromatic N) is 3. The van der Waals surface area contributed by atoms with E-state index in [0.29, 0.717) is 23.2 Å². The maximum atomic E-state index is 13.6. The van der Waals surface area contributed by atoms with Crippen LogP contribution in [0.2, 0.25) is 0 Å². The van der Waals surface area contributed by atoms with Crippen LogP contribution in [0.1, 0.15) is 25.0 Å². The topological polar surface area (TPSA) is 54.9 Å². The van der Waals surface area contributed by atoms with Crippen LogP contribution in [0.5, 0.6) is 11.5 Å². The molecule has 7 heteroatoms. The van der Waals surface area contributed by atoms with Gasteiger partial charge in [-0.05, 0) is 56.3 Å². The summed E-state index contributed by atoms with van der Waals surface area (Å²) in [6.45, 7) is 11.8. The van der Waals surface area contributed by atoms with E-state index in [0.717, 1.165) is 35.4 Å². The first-order valence-electron chi connectivity index (χ1n) is 10.8. The zero-order valence-electron chi connectivity index (χ0n) is 18.6. The molecule has 4 rings (SSSR count). The van der Waals surface area contributed by atoms with Gasteiger partial charge in [0.25, 0.3) is 5.91 Å². The Balaban J connectivity index is 1.64. The molecule has 164 valence electrons. The van der Waals surface area contributed by atoms with Crippen LogP contribution in [0.4, 0.5) is 5.13 Å². The van der Waals surface area contributed by atoms with Crippen molar-refractivity contribution in [3.63, 3.8) is 0 Å². The van der Waals surface area contributed by atoms with Crippen LogP contribution in [0.3, 0.4) is 0 Å². The average molecular weight is 440 g/mol. The summed E-state index contributed by atoms with van der Waals surface area (Å²) >= 11 is 1.56. The molecule has 0 spiro atoms. The first-order valence-corrected chi connectivity index (χ1v) is 11.6. The number of likely N-dealkylation sites (N-methyl/N-ethyl adjacent to an activating group) is 1. The van der Waals surface area contributed by atoms with E-state index < -0.39 is 6.10 Å². The molecule has 0 saturated carbocycles. The maximum absolute atomic E-state index is 13.6. The Bertz CT molecular complexity index is 1080. The lowest BCUT2D eigenvalue weighted by molar-refractivity contribution is -0.127. The van der Waals surface area contributed by atoms with Gasteiger partial charge >= 0.3 is 0 Å². The standard InChI is InChI=1S/C24H29N3O3S/c1-5-26(6-2)11-12-27(24-25-22-17(4)13-16(3)14-21(22)31-24)23(28)20-15-29-18-9-7-8-10-19(18)30-20/h7-10,13-14,20H,5-6,11-12,15H2,1-4H3. The largest absolute Gasteiger partial charge is 0.485 e. The molecule has 31 heavy (non-hydrogen) atoms. The number of para-hydroxylation sites is 2. The van der Waals surface area contributed by atoms with E-state index in [1.165, 1.54) is 5.56 Å². The van der Waals surface area contributed by atoms with Crippen molar-refractivity contribution in [2.75, 3.05) is 37.7 Å². The summed E-state index contributed by atoms with van der Waals surface area (Å²) < 4.78 is 12.9. The summed E-state index contributed by atoms with van der Waals surface area (Å²) in [6.07, 6.45) is -0.693. The molecule has 0 saturated heterocycles. The van der Waals surface area contributed by atoms with Crippen molar-refractivity contribution in [1.29, 1.82) is 0 Å². The van der Waals surface area contributed by atoms with E-state index in [-0.39, 0.29) is 12.5 Å². The molecule has 1 unspecified atom stereocenters. The van der Waals surface area contributed by atoms with Gasteiger partial charge in [-0.15, -0.1) is 0 Å². The van der Waals surface area contributed by atoms with Crippen molar-refractivity contribution >= 4 is 32.6 Å². The molecule has 0 bridgehead atoms. The van der Waals surface area contributed by atoms with Crippen molar-refractivity contribution in [1.82, 2.24) is 9.88 Å². The first kappa shape index (κ1) is 21.6. The average Bonchev–Trinajstić information content (AvgIpc) is 3.20. The third-order valence-electron chi connectivity index (χ3n) is 5.63. The van der Waals surface area contributed by atoms with Gasteiger partial charge < -0.3 is 14.4 Å². The van der Waals surface area contributed by atoms with Gasteiger partial charge in [0.1, 0.15) is 6.61 Å². The van der Waals surface area contributed by atoms with Gasteiger partial charge in [-0.2, -0.15) is 0 Å². The third kappa shape index (κ3) is 4.52. The maximum Gasteiger partial charge on any atom is 0.273 e. The molecule has 0 aliphatic carbocycles. The van der Waals surface area contributed by atoms with Crippen LogP contribution in [0.25, 0.3) is 10.2 Å². The third-order valence-corrected chi connectivity index (χ3v) is 6.66. The number of ether oxygens (including phenoxy) is 2. The molecule has 1 atom stereocenters. The molecule has 6 nitrogen and oxygen atoms in total. The highest BCUT2D eigenvalue weighted by Gasteiger charge is 2.33. The molecule has 3 aromatic rings. The number of amides is 1. The van der Waals surface area contributed by atoms with E-state index in [2.05, 4.69) is 44.7 Å². The van der Waals surface area contributed by atoms with Crippen molar-refractivity contribution < 1.29 is 14.3 Å². The fraction of sp³-hybridized carbons (Fsp3) is 0.417. The van der Waals surface area contributed by atoms with Crippen LogP contribution in [0, 0.1) is 13.8 Å². The smallest absolute Gasteiger partial charge is 0.273 e. The fourth-order valence-corrected chi connectivity index (χ4v) is 5.04. The SMILES string of the molecule is CCN(CC)CCN(C(=O)C1COc2ccccc2O1)c1nc2c(C)cc(C)cc2s1. The van der Waals surface area contributed by atoms with Crippen molar-refractivity contribution in [2.45, 2.75) is 33.8 Å². The van der Waals surface area contributed by atoms with Crippen molar-refractivity contribution in [3.05, 3.63) is 47.5 Å². The van der Waals surface area contributed by atoms with Crippen molar-refractivity contribution in [2.24, 2.45) is 0 Å². The number of hydrogen-bond acceptors (Lipinski definition) is 6. The number of thiazole rings is 1. The zero-order chi connectivity index (χ0) is 22.0. The Hall–Kier alpha value is -2.64. The molecule has 0 fully saturated rings. The van der Waals surface area contributed by atoms with Crippen LogP contribution in [-0.4, -0.2) is 54.7 Å². The number of anilines is 1. The number of rotatable bonds is 7. The Labute approximate surface area is 187 Å². The van der Waals surface area contributed by atoms with Gasteiger partial charge in [0.15, 0.2) is 16.6 Å². The summed E-state index contributed by atoms with van der Waals surface area (Å²) in [7, 11) is 0. The molecule has 1 aliphatic heterocycles. The second kappa shape index (κ2) is 9.24. The van der Waals surface area contributed by atoms with Gasteiger partial charge in [0.2, 0.25) is 6.10 Å². The van der Waals surface area contributed by atoms with Gasteiger partial charge in [-0.1, -0.05) is 43.4 Å². The second-order valence-electron chi connectivity index (χ2n) is 7.81. The Morgan fingerprint density at radius 1 is 1.13 bits per heavy atom. The molecule has 1 aliphatic rings. The van der Waals surface area contributed by atoms with Crippen LogP contribution in [-0.2, 0) is 4.79 Å². The normalized spacial score (nSPS) is 15.5. The number of benzene rings is 2. The van der Waals surface area contributed by atoms with Gasteiger partial charge in [0.05, 0.1) is 10.2 Å². The lowest BCUT2D eigenvalue weighted by atomic mass is 10.1.